The van der Waals surface area contributed by atoms with Crippen LogP contribution >= 0.6 is 0 Å². The molecule has 2 amide bonds. The summed E-state index contributed by atoms with van der Waals surface area (Å²) in [6.07, 6.45) is 2.07. The number of likely N-dealkylation sites (tertiary alicyclic amines) is 1. The molecule has 2 fully saturated rings. The molecule has 0 bridgehead atoms. The number of hydrogen-bond acceptors (Lipinski definition) is 3. The Bertz CT molecular complexity index is 840. The van der Waals surface area contributed by atoms with Crippen LogP contribution in [-0.4, -0.2) is 35.8 Å². The summed E-state index contributed by atoms with van der Waals surface area (Å²) in [5, 5.41) is 0. The van der Waals surface area contributed by atoms with E-state index in [0.717, 1.165) is 37.1 Å². The highest BCUT2D eigenvalue weighted by Gasteiger charge is 2.43. The van der Waals surface area contributed by atoms with E-state index >= 15 is 0 Å². The Kier molecular flexibility index (Phi) is 4.79. The first-order chi connectivity index (χ1) is 13.0. The number of benzene rings is 2. The van der Waals surface area contributed by atoms with E-state index in [0.29, 0.717) is 11.6 Å². The smallest absolute Gasteiger partial charge is 0.251 e. The molecular weight excluding hydrogens is 343 g/mol. The lowest BCUT2D eigenvalue weighted by molar-refractivity contribution is -0.123. The van der Waals surface area contributed by atoms with Crippen molar-refractivity contribution in [3.05, 3.63) is 65.5 Å². The Morgan fingerprint density at radius 3 is 2.19 bits per heavy atom. The maximum atomic E-state index is 13.1. The van der Waals surface area contributed by atoms with Crippen molar-refractivity contribution < 1.29 is 14.0 Å². The molecule has 0 aromatic heterocycles. The van der Waals surface area contributed by atoms with E-state index in [2.05, 4.69) is 4.90 Å². The van der Waals surface area contributed by atoms with Crippen LogP contribution in [-0.2, 0) is 9.59 Å². The predicted molar refractivity (Wildman–Crippen MR) is 102 cm³/mol. The molecule has 140 valence electrons. The molecule has 0 spiro atoms. The minimum Gasteiger partial charge on any atom is -0.291 e. The Labute approximate surface area is 158 Å². The summed E-state index contributed by atoms with van der Waals surface area (Å²) in [6.45, 7) is 3.52. The quantitative estimate of drug-likeness (QED) is 0.779. The molecule has 27 heavy (non-hydrogen) atoms. The minimum atomic E-state index is -0.368. The van der Waals surface area contributed by atoms with Gasteiger partial charge in [-0.15, -0.1) is 0 Å². The molecule has 2 aliphatic rings. The van der Waals surface area contributed by atoms with Crippen molar-refractivity contribution in [2.75, 3.05) is 18.0 Å². The average molecular weight is 366 g/mol. The molecule has 4 rings (SSSR count). The zero-order valence-electron chi connectivity index (χ0n) is 15.4. The number of rotatable bonds is 3. The number of carbonyl (C=O) groups is 2. The molecule has 4 nitrogen and oxygen atoms in total. The maximum absolute atomic E-state index is 13.1. The van der Waals surface area contributed by atoms with E-state index < -0.39 is 0 Å². The Balaban J connectivity index is 1.43. The lowest BCUT2D eigenvalue weighted by atomic mass is 9.89. The van der Waals surface area contributed by atoms with Crippen molar-refractivity contribution in [3.8, 4) is 0 Å². The number of anilines is 1. The first kappa shape index (κ1) is 17.9. The first-order valence-corrected chi connectivity index (χ1v) is 9.46. The van der Waals surface area contributed by atoms with Gasteiger partial charge in [0.15, 0.2) is 0 Å². The van der Waals surface area contributed by atoms with Gasteiger partial charge >= 0.3 is 0 Å². The maximum Gasteiger partial charge on any atom is 0.251 e. The molecule has 1 atom stereocenters. The van der Waals surface area contributed by atoms with Crippen molar-refractivity contribution in [1.82, 2.24) is 4.90 Å². The lowest BCUT2D eigenvalue weighted by Gasteiger charge is -2.35. The molecule has 2 aromatic rings. The molecule has 1 unspecified atom stereocenters. The van der Waals surface area contributed by atoms with Gasteiger partial charge in [0, 0.05) is 0 Å². The van der Waals surface area contributed by atoms with Crippen molar-refractivity contribution in [2.24, 2.45) is 0 Å². The van der Waals surface area contributed by atoms with Crippen LogP contribution in [0.5, 0.6) is 0 Å². The molecule has 2 aliphatic heterocycles. The van der Waals surface area contributed by atoms with Gasteiger partial charge in [-0.05, 0) is 68.6 Å². The summed E-state index contributed by atoms with van der Waals surface area (Å²) >= 11 is 0. The zero-order valence-corrected chi connectivity index (χ0v) is 15.4. The van der Waals surface area contributed by atoms with E-state index in [4.69, 9.17) is 0 Å². The van der Waals surface area contributed by atoms with Crippen LogP contribution in [0.4, 0.5) is 10.1 Å². The highest BCUT2D eigenvalue weighted by atomic mass is 19.1. The van der Waals surface area contributed by atoms with Gasteiger partial charge in [0.05, 0.1) is 18.2 Å². The van der Waals surface area contributed by atoms with Gasteiger partial charge in [-0.1, -0.05) is 29.8 Å². The largest absolute Gasteiger partial charge is 0.291 e. The minimum absolute atomic E-state index is 0.121. The Morgan fingerprint density at radius 1 is 0.926 bits per heavy atom. The monoisotopic (exact) mass is 366 g/mol. The summed E-state index contributed by atoms with van der Waals surface area (Å²) in [4.78, 5) is 28.9. The fraction of sp³-hybridized carbons (Fsp3) is 0.364. The molecule has 5 heteroatoms. The third kappa shape index (κ3) is 3.52. The molecule has 0 N–H and O–H groups in total. The van der Waals surface area contributed by atoms with Gasteiger partial charge in [0.25, 0.3) is 5.91 Å². The predicted octanol–water partition coefficient (Wildman–Crippen LogP) is 3.65. The van der Waals surface area contributed by atoms with Gasteiger partial charge in [0.1, 0.15) is 5.82 Å². The van der Waals surface area contributed by atoms with Gasteiger partial charge in [-0.3, -0.25) is 14.5 Å². The number of amides is 2. The number of piperidine rings is 1. The van der Waals surface area contributed by atoms with Crippen molar-refractivity contribution in [1.29, 1.82) is 0 Å². The standard InChI is InChI=1S/C22H23FN2O2/c1-15-2-8-19(9-3-15)25-21(26)14-20(22(25)27)24-12-10-17(11-13-24)16-4-6-18(23)7-5-16/h2-9,17,20H,10-14H2,1H3. The molecular formula is C22H23FN2O2. The van der Waals surface area contributed by atoms with E-state index in [9.17, 15) is 14.0 Å². The second kappa shape index (κ2) is 7.24. The number of aryl methyl sites for hydroxylation is 1. The summed E-state index contributed by atoms with van der Waals surface area (Å²) < 4.78 is 13.1. The summed E-state index contributed by atoms with van der Waals surface area (Å²) in [7, 11) is 0. The van der Waals surface area contributed by atoms with Crippen LogP contribution in [0.15, 0.2) is 48.5 Å². The zero-order chi connectivity index (χ0) is 19.0. The molecule has 0 radical (unpaired) electrons. The van der Waals surface area contributed by atoms with E-state index in [1.807, 2.05) is 43.3 Å². The van der Waals surface area contributed by atoms with Crippen molar-refractivity contribution in [3.63, 3.8) is 0 Å². The fourth-order valence-electron chi connectivity index (χ4n) is 4.15. The van der Waals surface area contributed by atoms with E-state index in [-0.39, 0.29) is 30.1 Å². The summed E-state index contributed by atoms with van der Waals surface area (Å²) in [6, 6.07) is 13.8. The van der Waals surface area contributed by atoms with E-state index in [1.54, 1.807) is 0 Å². The van der Waals surface area contributed by atoms with Crippen LogP contribution < -0.4 is 4.90 Å². The first-order valence-electron chi connectivity index (χ1n) is 9.46. The SMILES string of the molecule is Cc1ccc(N2C(=O)CC(N3CCC(c4ccc(F)cc4)CC3)C2=O)cc1. The molecule has 2 aromatic carbocycles. The number of imide groups is 1. The van der Waals surface area contributed by atoms with Crippen LogP contribution in [0.2, 0.25) is 0 Å². The number of hydrogen-bond donors (Lipinski definition) is 0. The van der Waals surface area contributed by atoms with Crippen molar-refractivity contribution >= 4 is 17.5 Å². The Hall–Kier alpha value is -2.53. The second-order valence-electron chi connectivity index (χ2n) is 7.48. The van der Waals surface area contributed by atoms with E-state index in [1.165, 1.54) is 17.0 Å². The van der Waals surface area contributed by atoms with Crippen LogP contribution in [0.25, 0.3) is 0 Å². The highest BCUT2D eigenvalue weighted by Crippen LogP contribution is 2.32. The molecule has 0 saturated carbocycles. The number of nitrogens with zero attached hydrogens (tertiary/aromatic N) is 2. The topological polar surface area (TPSA) is 40.6 Å². The van der Waals surface area contributed by atoms with Crippen LogP contribution in [0, 0.1) is 12.7 Å². The van der Waals surface area contributed by atoms with Gasteiger partial charge in [0.2, 0.25) is 5.91 Å². The normalized spacial score (nSPS) is 21.9. The average Bonchev–Trinajstić information content (AvgIpc) is 2.98. The van der Waals surface area contributed by atoms with Gasteiger partial charge in [-0.25, -0.2) is 9.29 Å². The third-order valence-electron chi connectivity index (χ3n) is 5.73. The second-order valence-corrected chi connectivity index (χ2v) is 7.48. The molecule has 2 saturated heterocycles. The number of carbonyl (C=O) groups excluding carboxylic acids is 2. The highest BCUT2D eigenvalue weighted by molar-refractivity contribution is 6.22. The summed E-state index contributed by atoms with van der Waals surface area (Å²) in [5.41, 5.74) is 2.89. The Morgan fingerprint density at radius 2 is 1.56 bits per heavy atom. The third-order valence-corrected chi connectivity index (χ3v) is 5.73. The van der Waals surface area contributed by atoms with Gasteiger partial charge in [-0.2, -0.15) is 0 Å². The van der Waals surface area contributed by atoms with Crippen LogP contribution in [0.3, 0.4) is 0 Å². The summed E-state index contributed by atoms with van der Waals surface area (Å²) in [5.74, 6) is -0.0942. The van der Waals surface area contributed by atoms with Crippen molar-refractivity contribution in [2.45, 2.75) is 38.1 Å². The number of halogens is 1. The lowest BCUT2D eigenvalue weighted by Crippen LogP contribution is -2.45. The fourth-order valence-corrected chi connectivity index (χ4v) is 4.15. The van der Waals surface area contributed by atoms with Gasteiger partial charge < -0.3 is 0 Å². The molecule has 2 heterocycles. The van der Waals surface area contributed by atoms with Crippen LogP contribution in [0.1, 0.15) is 36.3 Å². The molecule has 0 aliphatic carbocycles.